The minimum absolute atomic E-state index is 0.00626. The summed E-state index contributed by atoms with van der Waals surface area (Å²) in [5.74, 6) is -1.36. The molecule has 8 heteroatoms. The Morgan fingerprint density at radius 1 is 1.04 bits per heavy atom. The molecular weight excluding hydrogens is 324 g/mol. The van der Waals surface area contributed by atoms with E-state index in [0.29, 0.717) is 30.2 Å². The number of nitrogens with zero attached hydrogens (tertiary/aromatic N) is 2. The lowest BCUT2D eigenvalue weighted by Gasteiger charge is -2.21. The van der Waals surface area contributed by atoms with E-state index in [4.69, 9.17) is 5.14 Å². The highest BCUT2D eigenvalue weighted by Crippen LogP contribution is 2.23. The van der Waals surface area contributed by atoms with Gasteiger partial charge in [0.15, 0.2) is 11.6 Å². The number of anilines is 1. The second kappa shape index (κ2) is 5.71. The summed E-state index contributed by atoms with van der Waals surface area (Å²) in [6.07, 6.45) is 0. The van der Waals surface area contributed by atoms with Crippen LogP contribution >= 0.6 is 0 Å². The maximum Gasteiger partial charge on any atom is 0.238 e. The number of amidine groups is 1. The predicted octanol–water partition coefficient (Wildman–Crippen LogP) is 1.88. The van der Waals surface area contributed by atoms with E-state index in [0.717, 1.165) is 12.1 Å². The van der Waals surface area contributed by atoms with Gasteiger partial charge in [0.25, 0.3) is 0 Å². The third kappa shape index (κ3) is 3.08. The first-order valence-electron chi connectivity index (χ1n) is 6.76. The summed E-state index contributed by atoms with van der Waals surface area (Å²) < 4.78 is 49.0. The zero-order valence-corrected chi connectivity index (χ0v) is 12.7. The van der Waals surface area contributed by atoms with Gasteiger partial charge < -0.3 is 4.90 Å². The van der Waals surface area contributed by atoms with Crippen molar-refractivity contribution in [1.29, 1.82) is 0 Å². The molecule has 1 aliphatic heterocycles. The Morgan fingerprint density at radius 2 is 1.74 bits per heavy atom. The van der Waals surface area contributed by atoms with Gasteiger partial charge in [0.1, 0.15) is 5.84 Å². The van der Waals surface area contributed by atoms with Crippen molar-refractivity contribution in [2.45, 2.75) is 4.90 Å². The van der Waals surface area contributed by atoms with Crippen molar-refractivity contribution >= 4 is 21.5 Å². The number of nitrogens with two attached hydrogens (primary N) is 1. The van der Waals surface area contributed by atoms with E-state index in [-0.39, 0.29) is 4.90 Å². The molecule has 0 unspecified atom stereocenters. The summed E-state index contributed by atoms with van der Waals surface area (Å²) in [5, 5.41) is 5.07. The molecule has 0 amide bonds. The minimum atomic E-state index is -3.76. The summed E-state index contributed by atoms with van der Waals surface area (Å²) in [6, 6.07) is 9.58. The lowest BCUT2D eigenvalue weighted by Crippen LogP contribution is -2.28. The van der Waals surface area contributed by atoms with Gasteiger partial charge in [0.2, 0.25) is 10.0 Å². The summed E-state index contributed by atoms with van der Waals surface area (Å²) in [5.41, 5.74) is 1.15. The smallest absolute Gasteiger partial charge is 0.238 e. The molecule has 0 spiro atoms. The molecule has 0 atom stereocenters. The number of halogens is 2. The van der Waals surface area contributed by atoms with E-state index in [9.17, 15) is 17.2 Å². The normalized spacial score (nSPS) is 14.9. The monoisotopic (exact) mass is 337 g/mol. The van der Waals surface area contributed by atoms with Crippen LogP contribution in [0, 0.1) is 11.6 Å². The molecule has 0 saturated carbocycles. The summed E-state index contributed by atoms with van der Waals surface area (Å²) in [6.45, 7) is 1.06. The maximum absolute atomic E-state index is 13.4. The van der Waals surface area contributed by atoms with Crippen molar-refractivity contribution in [3.63, 3.8) is 0 Å². The van der Waals surface area contributed by atoms with Gasteiger partial charge in [-0.3, -0.25) is 4.99 Å². The Labute approximate surface area is 132 Å². The molecule has 2 aromatic rings. The Balaban J connectivity index is 1.93. The Morgan fingerprint density at radius 3 is 2.35 bits per heavy atom. The largest absolute Gasteiger partial charge is 0.324 e. The number of hydrogen-bond acceptors (Lipinski definition) is 4. The molecule has 3 rings (SSSR count). The first-order chi connectivity index (χ1) is 10.9. The van der Waals surface area contributed by atoms with Crippen LogP contribution in [0.1, 0.15) is 5.56 Å². The fourth-order valence-corrected chi connectivity index (χ4v) is 2.91. The minimum Gasteiger partial charge on any atom is -0.324 e. The van der Waals surface area contributed by atoms with E-state index < -0.39 is 21.7 Å². The molecule has 2 N–H and O–H groups in total. The highest BCUT2D eigenvalue weighted by Gasteiger charge is 2.21. The molecule has 0 bridgehead atoms. The molecular formula is C15H13F2N3O2S. The van der Waals surface area contributed by atoms with E-state index in [2.05, 4.69) is 4.99 Å². The molecule has 23 heavy (non-hydrogen) atoms. The van der Waals surface area contributed by atoms with Gasteiger partial charge >= 0.3 is 0 Å². The van der Waals surface area contributed by atoms with Crippen LogP contribution in [0.4, 0.5) is 14.5 Å². The fourth-order valence-electron chi connectivity index (χ4n) is 2.40. The Hall–Kier alpha value is -2.32. The van der Waals surface area contributed by atoms with Gasteiger partial charge in [-0.05, 0) is 42.5 Å². The standard InChI is InChI=1S/C15H13F2N3O2S/c16-13-6-1-10(9-14(13)17)15-19-7-8-20(15)11-2-4-12(5-3-11)23(18,21)22/h1-6,9H,7-8H2,(H2,18,21,22). The first-order valence-corrected chi connectivity index (χ1v) is 8.31. The summed E-state index contributed by atoms with van der Waals surface area (Å²) in [7, 11) is -3.76. The lowest BCUT2D eigenvalue weighted by molar-refractivity contribution is 0.508. The zero-order chi connectivity index (χ0) is 16.6. The number of aliphatic imine (C=N–C) groups is 1. The average molecular weight is 337 g/mol. The van der Waals surface area contributed by atoms with Crippen LogP contribution in [-0.2, 0) is 10.0 Å². The van der Waals surface area contributed by atoms with Gasteiger partial charge in [-0.2, -0.15) is 0 Å². The second-order valence-electron chi connectivity index (χ2n) is 5.02. The van der Waals surface area contributed by atoms with Crippen LogP contribution in [0.5, 0.6) is 0 Å². The van der Waals surface area contributed by atoms with Crippen molar-refractivity contribution in [2.75, 3.05) is 18.0 Å². The van der Waals surface area contributed by atoms with Crippen LogP contribution in [0.3, 0.4) is 0 Å². The molecule has 0 aromatic heterocycles. The number of hydrogen-bond donors (Lipinski definition) is 1. The van der Waals surface area contributed by atoms with E-state index >= 15 is 0 Å². The zero-order valence-electron chi connectivity index (χ0n) is 11.9. The summed E-state index contributed by atoms with van der Waals surface area (Å²) >= 11 is 0. The topological polar surface area (TPSA) is 75.8 Å². The van der Waals surface area contributed by atoms with Gasteiger partial charge in [-0.15, -0.1) is 0 Å². The third-order valence-electron chi connectivity index (χ3n) is 3.50. The molecule has 1 heterocycles. The number of rotatable bonds is 3. The Kier molecular flexibility index (Phi) is 3.87. The van der Waals surface area contributed by atoms with Crippen molar-refractivity contribution in [1.82, 2.24) is 0 Å². The number of sulfonamides is 1. The van der Waals surface area contributed by atoms with Crippen molar-refractivity contribution in [2.24, 2.45) is 10.1 Å². The maximum atomic E-state index is 13.4. The van der Waals surface area contributed by atoms with Crippen LogP contribution in [0.2, 0.25) is 0 Å². The molecule has 0 aliphatic carbocycles. The van der Waals surface area contributed by atoms with Crippen molar-refractivity contribution in [3.8, 4) is 0 Å². The van der Waals surface area contributed by atoms with Crippen LogP contribution < -0.4 is 10.0 Å². The van der Waals surface area contributed by atoms with E-state index in [1.165, 1.54) is 18.2 Å². The SMILES string of the molecule is NS(=O)(=O)c1ccc(N2CCN=C2c2ccc(F)c(F)c2)cc1. The lowest BCUT2D eigenvalue weighted by atomic mass is 10.1. The van der Waals surface area contributed by atoms with Gasteiger partial charge in [-0.25, -0.2) is 22.3 Å². The van der Waals surface area contributed by atoms with Gasteiger partial charge in [0, 0.05) is 17.8 Å². The molecule has 0 radical (unpaired) electrons. The quantitative estimate of drug-likeness (QED) is 0.929. The first kappa shape index (κ1) is 15.6. The van der Waals surface area contributed by atoms with Crippen molar-refractivity contribution in [3.05, 3.63) is 59.7 Å². The number of primary sulfonamides is 1. The molecule has 1 aliphatic rings. The molecule has 0 fully saturated rings. The fraction of sp³-hybridized carbons (Fsp3) is 0.133. The third-order valence-corrected chi connectivity index (χ3v) is 4.42. The van der Waals surface area contributed by atoms with Crippen molar-refractivity contribution < 1.29 is 17.2 Å². The van der Waals surface area contributed by atoms with E-state index in [1.807, 2.05) is 0 Å². The van der Waals surface area contributed by atoms with Gasteiger partial charge in [-0.1, -0.05) is 0 Å². The molecule has 5 nitrogen and oxygen atoms in total. The molecule has 0 saturated heterocycles. The summed E-state index contributed by atoms with van der Waals surface area (Å²) in [4.78, 5) is 6.13. The van der Waals surface area contributed by atoms with Crippen LogP contribution in [-0.4, -0.2) is 27.3 Å². The number of benzene rings is 2. The van der Waals surface area contributed by atoms with Gasteiger partial charge in [0.05, 0.1) is 11.4 Å². The van der Waals surface area contributed by atoms with Crippen LogP contribution in [0.25, 0.3) is 0 Å². The molecule has 120 valence electrons. The highest BCUT2D eigenvalue weighted by molar-refractivity contribution is 7.89. The predicted molar refractivity (Wildman–Crippen MR) is 82.9 cm³/mol. The Bertz CT molecular complexity index is 880. The highest BCUT2D eigenvalue weighted by atomic mass is 32.2. The van der Waals surface area contributed by atoms with Crippen LogP contribution in [0.15, 0.2) is 52.4 Å². The van der Waals surface area contributed by atoms with E-state index in [1.54, 1.807) is 17.0 Å². The average Bonchev–Trinajstić information content (AvgIpc) is 2.99. The second-order valence-corrected chi connectivity index (χ2v) is 6.59. The molecule has 2 aromatic carbocycles.